The van der Waals surface area contributed by atoms with Crippen molar-refractivity contribution in [2.45, 2.75) is 26.8 Å². The molecule has 1 heterocycles. The lowest BCUT2D eigenvalue weighted by Gasteiger charge is -2.43. The molecule has 2 rings (SSSR count). The zero-order valence-corrected chi connectivity index (χ0v) is 13.6. The van der Waals surface area contributed by atoms with E-state index in [1.165, 1.54) is 5.56 Å². The fraction of sp³-hybridized carbons (Fsp3) is 0.647. The van der Waals surface area contributed by atoms with Crippen LogP contribution >= 0.6 is 0 Å². The predicted molar refractivity (Wildman–Crippen MR) is 85.8 cm³/mol. The number of aryl methyl sites for hydroxylation is 1. The Hall–Kier alpha value is -1.10. The molecule has 118 valence electrons. The maximum atomic E-state index is 9.86. The van der Waals surface area contributed by atoms with Crippen molar-refractivity contribution in [3.05, 3.63) is 29.3 Å². The van der Waals surface area contributed by atoms with Gasteiger partial charge in [0.15, 0.2) is 0 Å². The Kier molecular flexibility index (Phi) is 5.25. The third-order valence-electron chi connectivity index (χ3n) is 4.41. The van der Waals surface area contributed by atoms with Crippen molar-refractivity contribution < 1.29 is 9.84 Å². The molecule has 1 aliphatic rings. The largest absolute Gasteiger partial charge is 0.496 e. The molecule has 4 heteroatoms. The second kappa shape index (κ2) is 6.77. The van der Waals surface area contributed by atoms with Gasteiger partial charge >= 0.3 is 0 Å². The second-order valence-electron chi connectivity index (χ2n) is 6.56. The van der Waals surface area contributed by atoms with Crippen LogP contribution in [0.3, 0.4) is 0 Å². The molecule has 0 unspecified atom stereocenters. The summed E-state index contributed by atoms with van der Waals surface area (Å²) in [5.41, 5.74) is 2.16. The summed E-state index contributed by atoms with van der Waals surface area (Å²) in [6, 6.07) is 6.59. The first-order valence-corrected chi connectivity index (χ1v) is 7.70. The van der Waals surface area contributed by atoms with E-state index in [0.29, 0.717) is 0 Å². The van der Waals surface area contributed by atoms with Gasteiger partial charge in [0.1, 0.15) is 5.75 Å². The van der Waals surface area contributed by atoms with Crippen molar-refractivity contribution in [3.8, 4) is 5.75 Å². The lowest BCUT2D eigenvalue weighted by atomic mass is 9.79. The minimum atomic E-state index is -0.197. The van der Waals surface area contributed by atoms with E-state index in [4.69, 9.17) is 4.74 Å². The molecular weight excluding hydrogens is 264 g/mol. The summed E-state index contributed by atoms with van der Waals surface area (Å²) in [5, 5.41) is 13.3. The number of nitrogens with zero attached hydrogens (tertiary/aromatic N) is 1. The highest BCUT2D eigenvalue weighted by Gasteiger charge is 2.35. The molecule has 1 aliphatic heterocycles. The van der Waals surface area contributed by atoms with Gasteiger partial charge in [0, 0.05) is 44.2 Å². The molecule has 0 radical (unpaired) electrons. The van der Waals surface area contributed by atoms with E-state index in [-0.39, 0.29) is 18.1 Å². The minimum Gasteiger partial charge on any atom is -0.496 e. The average Bonchev–Trinajstić information content (AvgIpc) is 2.50. The van der Waals surface area contributed by atoms with Gasteiger partial charge in [-0.3, -0.25) is 4.90 Å². The van der Waals surface area contributed by atoms with E-state index < -0.39 is 0 Å². The molecule has 0 saturated carbocycles. The molecule has 21 heavy (non-hydrogen) atoms. The number of hydrogen-bond donors (Lipinski definition) is 2. The molecule has 1 aromatic carbocycles. The molecule has 0 aliphatic carbocycles. The summed E-state index contributed by atoms with van der Waals surface area (Å²) in [5.74, 6) is 0.918. The first-order valence-electron chi connectivity index (χ1n) is 7.70. The summed E-state index contributed by atoms with van der Waals surface area (Å²) >= 11 is 0. The van der Waals surface area contributed by atoms with Crippen LogP contribution in [-0.4, -0.2) is 49.9 Å². The highest BCUT2D eigenvalue weighted by molar-refractivity contribution is 5.38. The summed E-state index contributed by atoms with van der Waals surface area (Å²) in [4.78, 5) is 2.47. The van der Waals surface area contributed by atoms with Gasteiger partial charge in [-0.25, -0.2) is 0 Å². The van der Waals surface area contributed by atoms with Crippen LogP contribution in [0.2, 0.25) is 0 Å². The summed E-state index contributed by atoms with van der Waals surface area (Å²) < 4.78 is 5.48. The molecule has 2 N–H and O–H groups in total. The van der Waals surface area contributed by atoms with Gasteiger partial charge < -0.3 is 15.2 Å². The molecule has 1 saturated heterocycles. The third-order valence-corrected chi connectivity index (χ3v) is 4.41. The Labute approximate surface area is 128 Å². The summed E-state index contributed by atoms with van der Waals surface area (Å²) in [7, 11) is 1.71. The van der Waals surface area contributed by atoms with Crippen molar-refractivity contribution in [1.82, 2.24) is 10.2 Å². The number of ether oxygens (including phenoxy) is 1. The Bertz CT molecular complexity index is 468. The van der Waals surface area contributed by atoms with Gasteiger partial charge in [0.25, 0.3) is 0 Å². The molecule has 1 aromatic rings. The third kappa shape index (κ3) is 3.57. The normalized spacial score (nSPS) is 18.5. The van der Waals surface area contributed by atoms with E-state index in [1.807, 2.05) is 0 Å². The maximum absolute atomic E-state index is 9.86. The van der Waals surface area contributed by atoms with Crippen LogP contribution in [0.1, 0.15) is 31.0 Å². The zero-order chi connectivity index (χ0) is 15.5. The highest BCUT2D eigenvalue weighted by atomic mass is 16.5. The SMILES string of the molecule is COc1cc([C@H](N2CCNCC2)C(C)(C)CO)ccc1C. The molecule has 0 aromatic heterocycles. The number of aliphatic hydroxyl groups is 1. The van der Waals surface area contributed by atoms with Crippen molar-refractivity contribution in [3.63, 3.8) is 0 Å². The second-order valence-corrected chi connectivity index (χ2v) is 6.56. The van der Waals surface area contributed by atoms with Gasteiger partial charge in [-0.15, -0.1) is 0 Å². The predicted octanol–water partition coefficient (Wildman–Crippen LogP) is 1.97. The van der Waals surface area contributed by atoms with Crippen molar-refractivity contribution in [1.29, 1.82) is 0 Å². The number of hydrogen-bond acceptors (Lipinski definition) is 4. The number of aliphatic hydroxyl groups excluding tert-OH is 1. The molecule has 0 amide bonds. The van der Waals surface area contributed by atoms with E-state index in [0.717, 1.165) is 37.5 Å². The van der Waals surface area contributed by atoms with Crippen LogP contribution in [0.5, 0.6) is 5.75 Å². The Morgan fingerprint density at radius 1 is 1.33 bits per heavy atom. The number of rotatable bonds is 5. The van der Waals surface area contributed by atoms with Gasteiger partial charge in [-0.2, -0.15) is 0 Å². The molecule has 0 spiro atoms. The molecular formula is C17H28N2O2. The number of benzene rings is 1. The molecule has 1 fully saturated rings. The van der Waals surface area contributed by atoms with Crippen LogP contribution in [-0.2, 0) is 0 Å². The lowest BCUT2D eigenvalue weighted by Crippen LogP contribution is -2.49. The fourth-order valence-corrected chi connectivity index (χ4v) is 3.19. The maximum Gasteiger partial charge on any atom is 0.122 e. The van der Waals surface area contributed by atoms with E-state index in [1.54, 1.807) is 7.11 Å². The minimum absolute atomic E-state index is 0.164. The summed E-state index contributed by atoms with van der Waals surface area (Å²) in [6.45, 7) is 10.5. The lowest BCUT2D eigenvalue weighted by molar-refractivity contribution is 0.0304. The Morgan fingerprint density at radius 3 is 2.57 bits per heavy atom. The molecule has 0 bridgehead atoms. The number of piperazine rings is 1. The smallest absolute Gasteiger partial charge is 0.122 e. The van der Waals surface area contributed by atoms with Crippen LogP contribution in [0.4, 0.5) is 0 Å². The van der Waals surface area contributed by atoms with E-state index in [2.05, 4.69) is 49.2 Å². The van der Waals surface area contributed by atoms with Gasteiger partial charge in [0.05, 0.1) is 7.11 Å². The quantitative estimate of drug-likeness (QED) is 0.871. The first-order chi connectivity index (χ1) is 9.99. The van der Waals surface area contributed by atoms with Crippen molar-refractivity contribution >= 4 is 0 Å². The Morgan fingerprint density at radius 2 is 2.00 bits per heavy atom. The standard InChI is InChI=1S/C17H28N2O2/c1-13-5-6-14(11-15(13)21-4)16(17(2,3)12-20)19-9-7-18-8-10-19/h5-6,11,16,18,20H,7-10,12H2,1-4H3/t16-/m0/s1. The van der Waals surface area contributed by atoms with Crippen LogP contribution < -0.4 is 10.1 Å². The monoisotopic (exact) mass is 292 g/mol. The van der Waals surface area contributed by atoms with Crippen molar-refractivity contribution in [2.75, 3.05) is 39.9 Å². The van der Waals surface area contributed by atoms with Crippen molar-refractivity contribution in [2.24, 2.45) is 5.41 Å². The van der Waals surface area contributed by atoms with Crippen LogP contribution in [0.15, 0.2) is 18.2 Å². The van der Waals surface area contributed by atoms with Crippen LogP contribution in [0, 0.1) is 12.3 Å². The van der Waals surface area contributed by atoms with E-state index in [9.17, 15) is 5.11 Å². The average molecular weight is 292 g/mol. The fourth-order valence-electron chi connectivity index (χ4n) is 3.19. The highest BCUT2D eigenvalue weighted by Crippen LogP contribution is 2.39. The van der Waals surface area contributed by atoms with E-state index >= 15 is 0 Å². The summed E-state index contributed by atoms with van der Waals surface area (Å²) in [6.07, 6.45) is 0. The van der Waals surface area contributed by atoms with Crippen LogP contribution in [0.25, 0.3) is 0 Å². The Balaban J connectivity index is 2.38. The number of nitrogens with one attached hydrogen (secondary N) is 1. The first kappa shape index (κ1) is 16.3. The van der Waals surface area contributed by atoms with Gasteiger partial charge in [0.2, 0.25) is 0 Å². The number of methoxy groups -OCH3 is 1. The van der Waals surface area contributed by atoms with Gasteiger partial charge in [-0.05, 0) is 24.1 Å². The molecule has 4 nitrogen and oxygen atoms in total. The molecule has 1 atom stereocenters. The zero-order valence-electron chi connectivity index (χ0n) is 13.6. The van der Waals surface area contributed by atoms with Gasteiger partial charge in [-0.1, -0.05) is 26.0 Å². The topological polar surface area (TPSA) is 44.7 Å².